The molecule has 0 saturated carbocycles. The molecule has 0 spiro atoms. The van der Waals surface area contributed by atoms with Crippen LogP contribution in [0.4, 0.5) is 4.39 Å². The van der Waals surface area contributed by atoms with Crippen molar-refractivity contribution in [3.05, 3.63) is 70.5 Å². The highest BCUT2D eigenvalue weighted by molar-refractivity contribution is 6.30. The van der Waals surface area contributed by atoms with Gasteiger partial charge in [-0.15, -0.1) is 0 Å². The van der Waals surface area contributed by atoms with Crippen molar-refractivity contribution < 1.29 is 9.18 Å². The van der Waals surface area contributed by atoms with Crippen molar-refractivity contribution in [3.63, 3.8) is 0 Å². The Hall–Kier alpha value is -1.71. The van der Waals surface area contributed by atoms with E-state index >= 15 is 0 Å². The van der Waals surface area contributed by atoms with Crippen molar-refractivity contribution in [1.29, 1.82) is 0 Å². The van der Waals surface area contributed by atoms with E-state index in [-0.39, 0.29) is 11.6 Å². The molecule has 0 saturated heterocycles. The van der Waals surface area contributed by atoms with Crippen molar-refractivity contribution in [1.82, 2.24) is 4.90 Å². The molecule has 21 heavy (non-hydrogen) atoms. The molecule has 0 radical (unpaired) electrons. The summed E-state index contributed by atoms with van der Waals surface area (Å²) < 4.78 is 12.8. The summed E-state index contributed by atoms with van der Waals surface area (Å²) in [5.74, 6) is -0.142. The van der Waals surface area contributed by atoms with E-state index in [0.29, 0.717) is 30.1 Å². The molecule has 0 bridgehead atoms. The van der Waals surface area contributed by atoms with E-state index in [1.807, 2.05) is 11.9 Å². The molecular weight excluding hydrogens is 289 g/mol. The van der Waals surface area contributed by atoms with Gasteiger partial charge in [-0.2, -0.15) is 0 Å². The van der Waals surface area contributed by atoms with E-state index in [2.05, 4.69) is 0 Å². The van der Waals surface area contributed by atoms with E-state index < -0.39 is 0 Å². The Bertz CT molecular complexity index is 595. The van der Waals surface area contributed by atoms with Crippen molar-refractivity contribution >= 4 is 17.4 Å². The molecule has 0 atom stereocenters. The Morgan fingerprint density at radius 1 is 1.10 bits per heavy atom. The van der Waals surface area contributed by atoms with Crippen LogP contribution in [0.2, 0.25) is 5.02 Å². The van der Waals surface area contributed by atoms with Gasteiger partial charge in [-0.25, -0.2) is 4.39 Å². The molecule has 2 aromatic rings. The minimum Gasteiger partial charge on any atom is -0.302 e. The van der Waals surface area contributed by atoms with E-state index in [1.165, 1.54) is 12.1 Å². The molecule has 0 aliphatic heterocycles. The molecule has 2 aromatic carbocycles. The summed E-state index contributed by atoms with van der Waals surface area (Å²) in [5.41, 5.74) is 1.70. The molecule has 0 heterocycles. The van der Waals surface area contributed by atoms with Crippen LogP contribution in [0.1, 0.15) is 22.3 Å². The highest BCUT2D eigenvalue weighted by atomic mass is 35.5. The molecule has 0 amide bonds. The molecule has 0 aliphatic rings. The Morgan fingerprint density at radius 3 is 2.33 bits per heavy atom. The maximum Gasteiger partial charge on any atom is 0.164 e. The van der Waals surface area contributed by atoms with Crippen molar-refractivity contribution in [2.45, 2.75) is 13.0 Å². The number of nitrogens with zero attached hydrogens (tertiary/aromatic N) is 1. The van der Waals surface area contributed by atoms with Crippen LogP contribution in [0.3, 0.4) is 0 Å². The predicted molar refractivity (Wildman–Crippen MR) is 83.1 cm³/mol. The Balaban J connectivity index is 1.83. The van der Waals surface area contributed by atoms with Gasteiger partial charge in [-0.05, 0) is 49.0 Å². The lowest BCUT2D eigenvalue weighted by molar-refractivity contribution is 0.0968. The van der Waals surface area contributed by atoms with E-state index in [9.17, 15) is 9.18 Å². The van der Waals surface area contributed by atoms with Gasteiger partial charge in [0.25, 0.3) is 0 Å². The average molecular weight is 306 g/mol. The number of halogens is 2. The SMILES string of the molecule is CN(CCC(=O)c1ccc(Cl)cc1)Cc1ccc(F)cc1. The summed E-state index contributed by atoms with van der Waals surface area (Å²) in [7, 11) is 1.94. The molecule has 0 unspecified atom stereocenters. The quantitative estimate of drug-likeness (QED) is 0.746. The van der Waals surface area contributed by atoms with Crippen LogP contribution in [0.5, 0.6) is 0 Å². The summed E-state index contributed by atoms with van der Waals surface area (Å²) in [6.45, 7) is 1.34. The first-order valence-corrected chi connectivity index (χ1v) is 7.14. The fraction of sp³-hybridized carbons (Fsp3) is 0.235. The number of carbonyl (C=O) groups is 1. The lowest BCUT2D eigenvalue weighted by Gasteiger charge is -2.16. The van der Waals surface area contributed by atoms with Gasteiger partial charge in [-0.1, -0.05) is 23.7 Å². The number of benzene rings is 2. The molecule has 2 rings (SSSR count). The number of rotatable bonds is 6. The first-order chi connectivity index (χ1) is 10.0. The summed E-state index contributed by atoms with van der Waals surface area (Å²) in [6, 6.07) is 13.3. The van der Waals surface area contributed by atoms with Gasteiger partial charge in [0.05, 0.1) is 0 Å². The fourth-order valence-corrected chi connectivity index (χ4v) is 2.18. The minimum absolute atomic E-state index is 0.0950. The normalized spacial score (nSPS) is 10.9. The van der Waals surface area contributed by atoms with Crippen molar-refractivity contribution in [3.8, 4) is 0 Å². The second-order valence-electron chi connectivity index (χ2n) is 5.04. The van der Waals surface area contributed by atoms with E-state index in [1.54, 1.807) is 36.4 Å². The summed E-state index contributed by atoms with van der Waals surface area (Å²) >= 11 is 5.80. The number of hydrogen-bond acceptors (Lipinski definition) is 2. The second kappa shape index (κ2) is 7.34. The standard InChI is InChI=1S/C17H17ClFNO/c1-20(12-13-2-8-16(19)9-3-13)11-10-17(21)14-4-6-15(18)7-5-14/h2-9H,10-12H2,1H3. The molecule has 0 aliphatic carbocycles. The van der Waals surface area contributed by atoms with Gasteiger partial charge in [0, 0.05) is 30.1 Å². The van der Waals surface area contributed by atoms with Crippen LogP contribution in [0.15, 0.2) is 48.5 Å². The Morgan fingerprint density at radius 2 is 1.71 bits per heavy atom. The summed E-state index contributed by atoms with van der Waals surface area (Å²) in [6.07, 6.45) is 0.444. The van der Waals surface area contributed by atoms with Crippen LogP contribution in [0.25, 0.3) is 0 Å². The van der Waals surface area contributed by atoms with E-state index in [0.717, 1.165) is 5.56 Å². The van der Waals surface area contributed by atoms with Gasteiger partial charge in [0.2, 0.25) is 0 Å². The zero-order valence-electron chi connectivity index (χ0n) is 11.9. The first kappa shape index (κ1) is 15.7. The largest absolute Gasteiger partial charge is 0.302 e. The number of Topliss-reactive ketones (excluding diaryl/α,β-unsaturated/α-hetero) is 1. The summed E-state index contributed by atoms with van der Waals surface area (Å²) in [5, 5.41) is 0.625. The monoisotopic (exact) mass is 305 g/mol. The smallest absolute Gasteiger partial charge is 0.164 e. The lowest BCUT2D eigenvalue weighted by Crippen LogP contribution is -2.21. The van der Waals surface area contributed by atoms with Gasteiger partial charge >= 0.3 is 0 Å². The Labute approximate surface area is 129 Å². The molecule has 0 fully saturated rings. The number of hydrogen-bond donors (Lipinski definition) is 0. The van der Waals surface area contributed by atoms with E-state index in [4.69, 9.17) is 11.6 Å². The van der Waals surface area contributed by atoms with Crippen LogP contribution in [-0.2, 0) is 6.54 Å². The third-order valence-electron chi connectivity index (χ3n) is 3.25. The van der Waals surface area contributed by atoms with Gasteiger partial charge in [0.15, 0.2) is 5.78 Å². The summed E-state index contributed by atoms with van der Waals surface area (Å²) in [4.78, 5) is 14.1. The van der Waals surface area contributed by atoms with Gasteiger partial charge in [-0.3, -0.25) is 4.79 Å². The third kappa shape index (κ3) is 4.96. The first-order valence-electron chi connectivity index (χ1n) is 6.76. The van der Waals surface area contributed by atoms with Crippen LogP contribution < -0.4 is 0 Å². The van der Waals surface area contributed by atoms with Gasteiger partial charge in [0.1, 0.15) is 5.82 Å². The van der Waals surface area contributed by atoms with Crippen molar-refractivity contribution in [2.75, 3.05) is 13.6 Å². The number of carbonyl (C=O) groups excluding carboxylic acids is 1. The molecular formula is C17H17ClFNO. The number of ketones is 1. The maximum atomic E-state index is 12.8. The molecule has 4 heteroatoms. The Kier molecular flexibility index (Phi) is 5.48. The third-order valence-corrected chi connectivity index (χ3v) is 3.50. The topological polar surface area (TPSA) is 20.3 Å². The maximum absolute atomic E-state index is 12.8. The van der Waals surface area contributed by atoms with Crippen LogP contribution >= 0.6 is 11.6 Å². The van der Waals surface area contributed by atoms with Gasteiger partial charge < -0.3 is 4.90 Å². The zero-order chi connectivity index (χ0) is 15.2. The highest BCUT2D eigenvalue weighted by Gasteiger charge is 2.08. The molecule has 2 nitrogen and oxygen atoms in total. The fourth-order valence-electron chi connectivity index (χ4n) is 2.05. The minimum atomic E-state index is -0.237. The second-order valence-corrected chi connectivity index (χ2v) is 5.48. The van der Waals surface area contributed by atoms with Crippen molar-refractivity contribution in [2.24, 2.45) is 0 Å². The average Bonchev–Trinajstić information content (AvgIpc) is 2.48. The zero-order valence-corrected chi connectivity index (χ0v) is 12.6. The van der Waals surface area contributed by atoms with Crippen LogP contribution in [-0.4, -0.2) is 24.3 Å². The molecule has 110 valence electrons. The van der Waals surface area contributed by atoms with Crippen LogP contribution in [0, 0.1) is 5.82 Å². The highest BCUT2D eigenvalue weighted by Crippen LogP contribution is 2.12. The molecule has 0 aromatic heterocycles. The lowest BCUT2D eigenvalue weighted by atomic mass is 10.1. The predicted octanol–water partition coefficient (Wildman–Crippen LogP) is 4.18. The molecule has 0 N–H and O–H groups in total.